The first kappa shape index (κ1) is 7.34. The zero-order valence-corrected chi connectivity index (χ0v) is 7.63. The maximum Gasteiger partial charge on any atom is 0.0195 e. The molecule has 1 aliphatic carbocycles. The van der Waals surface area contributed by atoms with Crippen molar-refractivity contribution >= 4 is 0 Å². The SMILES string of the molecule is C1CNC(CN2CC3CC3C2)C1. The monoisotopic (exact) mass is 166 g/mol. The molecule has 2 heterocycles. The molecule has 0 bridgehead atoms. The molecule has 3 aliphatic rings. The fourth-order valence-electron chi connectivity index (χ4n) is 2.87. The largest absolute Gasteiger partial charge is 0.313 e. The number of likely N-dealkylation sites (tertiary alicyclic amines) is 1. The summed E-state index contributed by atoms with van der Waals surface area (Å²) in [7, 11) is 0. The Morgan fingerprint density at radius 3 is 2.75 bits per heavy atom. The van der Waals surface area contributed by atoms with Gasteiger partial charge in [-0.25, -0.2) is 0 Å². The van der Waals surface area contributed by atoms with Gasteiger partial charge in [0.15, 0.2) is 0 Å². The summed E-state index contributed by atoms with van der Waals surface area (Å²) in [6.07, 6.45) is 4.34. The van der Waals surface area contributed by atoms with Crippen LogP contribution >= 0.6 is 0 Å². The lowest BCUT2D eigenvalue weighted by Crippen LogP contribution is -2.37. The van der Waals surface area contributed by atoms with Gasteiger partial charge in [-0.15, -0.1) is 0 Å². The van der Waals surface area contributed by atoms with Gasteiger partial charge in [-0.1, -0.05) is 0 Å². The predicted molar refractivity (Wildman–Crippen MR) is 49.1 cm³/mol. The van der Waals surface area contributed by atoms with Gasteiger partial charge >= 0.3 is 0 Å². The van der Waals surface area contributed by atoms with Crippen LogP contribution in [0, 0.1) is 11.8 Å². The van der Waals surface area contributed by atoms with Gasteiger partial charge in [-0.2, -0.15) is 0 Å². The first-order valence-corrected chi connectivity index (χ1v) is 5.37. The maximum absolute atomic E-state index is 3.57. The number of rotatable bonds is 2. The molecular weight excluding hydrogens is 148 g/mol. The van der Waals surface area contributed by atoms with Crippen molar-refractivity contribution in [2.24, 2.45) is 11.8 Å². The van der Waals surface area contributed by atoms with Gasteiger partial charge in [0, 0.05) is 25.7 Å². The van der Waals surface area contributed by atoms with E-state index in [1.807, 2.05) is 0 Å². The van der Waals surface area contributed by atoms with Crippen molar-refractivity contribution in [2.75, 3.05) is 26.2 Å². The van der Waals surface area contributed by atoms with Crippen molar-refractivity contribution in [3.8, 4) is 0 Å². The molecule has 3 fully saturated rings. The van der Waals surface area contributed by atoms with E-state index in [2.05, 4.69) is 10.2 Å². The van der Waals surface area contributed by atoms with Crippen LogP contribution in [-0.4, -0.2) is 37.1 Å². The molecule has 0 aromatic rings. The number of piperidine rings is 1. The van der Waals surface area contributed by atoms with Crippen LogP contribution in [0.5, 0.6) is 0 Å². The van der Waals surface area contributed by atoms with Gasteiger partial charge in [-0.3, -0.25) is 0 Å². The van der Waals surface area contributed by atoms with Crippen LogP contribution in [0.3, 0.4) is 0 Å². The van der Waals surface area contributed by atoms with Crippen molar-refractivity contribution in [3.63, 3.8) is 0 Å². The number of hydrogen-bond acceptors (Lipinski definition) is 2. The van der Waals surface area contributed by atoms with E-state index in [0.29, 0.717) is 0 Å². The summed E-state index contributed by atoms with van der Waals surface area (Å²) in [5.41, 5.74) is 0. The van der Waals surface area contributed by atoms with Crippen molar-refractivity contribution in [1.82, 2.24) is 10.2 Å². The standard InChI is InChI=1S/C10H18N2/c1-2-10(11-3-1)7-12-5-8-4-9(8)6-12/h8-11H,1-7H2. The highest BCUT2D eigenvalue weighted by molar-refractivity contribution is 4.97. The molecule has 2 saturated heterocycles. The Bertz CT molecular complexity index is 165. The molecule has 1 N–H and O–H groups in total. The van der Waals surface area contributed by atoms with Crippen LogP contribution in [0.4, 0.5) is 0 Å². The molecule has 2 nitrogen and oxygen atoms in total. The van der Waals surface area contributed by atoms with Crippen LogP contribution in [-0.2, 0) is 0 Å². The third-order valence-electron chi connectivity index (χ3n) is 3.70. The van der Waals surface area contributed by atoms with E-state index in [4.69, 9.17) is 0 Å². The van der Waals surface area contributed by atoms with Crippen LogP contribution in [0.2, 0.25) is 0 Å². The number of hydrogen-bond donors (Lipinski definition) is 1. The van der Waals surface area contributed by atoms with Gasteiger partial charge in [0.05, 0.1) is 0 Å². The average molecular weight is 166 g/mol. The predicted octanol–water partition coefficient (Wildman–Crippen LogP) is 0.690. The van der Waals surface area contributed by atoms with Crippen molar-refractivity contribution in [3.05, 3.63) is 0 Å². The lowest BCUT2D eigenvalue weighted by atomic mass is 10.2. The highest BCUT2D eigenvalue weighted by Crippen LogP contribution is 2.44. The zero-order chi connectivity index (χ0) is 7.97. The summed E-state index contributed by atoms with van der Waals surface area (Å²) in [5.74, 6) is 2.21. The summed E-state index contributed by atoms with van der Waals surface area (Å²) < 4.78 is 0. The van der Waals surface area contributed by atoms with Crippen LogP contribution in [0.15, 0.2) is 0 Å². The minimum atomic E-state index is 0.822. The number of nitrogens with zero attached hydrogens (tertiary/aromatic N) is 1. The van der Waals surface area contributed by atoms with E-state index in [1.165, 1.54) is 45.4 Å². The lowest BCUT2D eigenvalue weighted by Gasteiger charge is -2.21. The van der Waals surface area contributed by atoms with E-state index < -0.39 is 0 Å². The average Bonchev–Trinajstić information content (AvgIpc) is 2.55. The highest BCUT2D eigenvalue weighted by Gasteiger charge is 2.45. The summed E-state index contributed by atoms with van der Waals surface area (Å²) in [6.45, 7) is 5.39. The topological polar surface area (TPSA) is 15.3 Å². The molecular formula is C10H18N2. The van der Waals surface area contributed by atoms with Gasteiger partial charge < -0.3 is 10.2 Å². The van der Waals surface area contributed by atoms with Gasteiger partial charge in [0.1, 0.15) is 0 Å². The maximum atomic E-state index is 3.57. The second-order valence-electron chi connectivity index (χ2n) is 4.77. The highest BCUT2D eigenvalue weighted by atomic mass is 15.2. The molecule has 1 saturated carbocycles. The summed E-state index contributed by atoms with van der Waals surface area (Å²) in [6, 6.07) is 0.822. The van der Waals surface area contributed by atoms with E-state index in [0.717, 1.165) is 17.9 Å². The molecule has 0 aromatic carbocycles. The van der Waals surface area contributed by atoms with Crippen LogP contribution in [0.1, 0.15) is 19.3 Å². The zero-order valence-electron chi connectivity index (χ0n) is 7.63. The smallest absolute Gasteiger partial charge is 0.0195 e. The van der Waals surface area contributed by atoms with Crippen LogP contribution < -0.4 is 5.32 Å². The molecule has 3 atom stereocenters. The fraction of sp³-hybridized carbons (Fsp3) is 1.00. The van der Waals surface area contributed by atoms with E-state index in [9.17, 15) is 0 Å². The Morgan fingerprint density at radius 2 is 2.08 bits per heavy atom. The third-order valence-corrected chi connectivity index (χ3v) is 3.70. The molecule has 12 heavy (non-hydrogen) atoms. The number of fused-ring (bicyclic) bond motifs is 1. The third kappa shape index (κ3) is 1.27. The minimum absolute atomic E-state index is 0.822. The summed E-state index contributed by atoms with van der Waals surface area (Å²) in [5, 5.41) is 3.57. The Balaban J connectivity index is 1.48. The van der Waals surface area contributed by atoms with Gasteiger partial charge in [-0.05, 0) is 37.6 Å². The molecule has 3 rings (SSSR count). The molecule has 0 amide bonds. The van der Waals surface area contributed by atoms with Crippen molar-refractivity contribution in [1.29, 1.82) is 0 Å². The first-order valence-electron chi connectivity index (χ1n) is 5.37. The Morgan fingerprint density at radius 1 is 1.25 bits per heavy atom. The van der Waals surface area contributed by atoms with E-state index >= 15 is 0 Å². The molecule has 2 aliphatic heterocycles. The summed E-state index contributed by atoms with van der Waals surface area (Å²) in [4.78, 5) is 2.67. The van der Waals surface area contributed by atoms with Crippen molar-refractivity contribution in [2.45, 2.75) is 25.3 Å². The molecule has 0 radical (unpaired) electrons. The van der Waals surface area contributed by atoms with Crippen molar-refractivity contribution < 1.29 is 0 Å². The molecule has 3 unspecified atom stereocenters. The fourth-order valence-corrected chi connectivity index (χ4v) is 2.87. The minimum Gasteiger partial charge on any atom is -0.313 e. The lowest BCUT2D eigenvalue weighted by molar-refractivity contribution is 0.276. The Hall–Kier alpha value is -0.0800. The quantitative estimate of drug-likeness (QED) is 0.649. The van der Waals surface area contributed by atoms with E-state index in [1.54, 1.807) is 0 Å². The van der Waals surface area contributed by atoms with Gasteiger partial charge in [0.2, 0.25) is 0 Å². The number of nitrogens with one attached hydrogen (secondary N) is 1. The first-order chi connectivity index (χ1) is 5.92. The summed E-state index contributed by atoms with van der Waals surface area (Å²) >= 11 is 0. The van der Waals surface area contributed by atoms with E-state index in [-0.39, 0.29) is 0 Å². The second-order valence-corrected chi connectivity index (χ2v) is 4.77. The normalized spacial score (nSPS) is 46.5. The van der Waals surface area contributed by atoms with Crippen LogP contribution in [0.25, 0.3) is 0 Å². The molecule has 2 heteroatoms. The Kier molecular flexibility index (Phi) is 1.66. The molecule has 68 valence electrons. The molecule has 0 aromatic heterocycles. The molecule has 0 spiro atoms. The second kappa shape index (κ2) is 2.71. The Labute approximate surface area is 74.3 Å². The van der Waals surface area contributed by atoms with Gasteiger partial charge in [0.25, 0.3) is 0 Å².